The first kappa shape index (κ1) is 16.0. The summed E-state index contributed by atoms with van der Waals surface area (Å²) in [6.45, 7) is 10.1. The molecular formula is C14H27N3O2. The Morgan fingerprint density at radius 1 is 1.53 bits per heavy atom. The Morgan fingerprint density at radius 2 is 2.32 bits per heavy atom. The van der Waals surface area contributed by atoms with Crippen LogP contribution in [0.3, 0.4) is 0 Å². The molecule has 1 atom stereocenters. The molecule has 0 aromatic heterocycles. The molecule has 1 heterocycles. The lowest BCUT2D eigenvalue weighted by molar-refractivity contribution is -0.120. The largest absolute Gasteiger partial charge is 0.380 e. The normalized spacial score (nSPS) is 18.9. The van der Waals surface area contributed by atoms with Gasteiger partial charge in [0, 0.05) is 26.2 Å². The third-order valence-corrected chi connectivity index (χ3v) is 3.27. The molecule has 1 aliphatic rings. The minimum absolute atomic E-state index is 0.00865. The Balaban J connectivity index is 2.15. The topological polar surface area (TPSA) is 62.7 Å². The highest BCUT2D eigenvalue weighted by atomic mass is 16.5. The summed E-state index contributed by atoms with van der Waals surface area (Å²) in [5.74, 6) is 2.02. The molecule has 0 radical (unpaired) electrons. The van der Waals surface area contributed by atoms with Crippen LogP contribution in [0.4, 0.5) is 0 Å². The number of nitrogens with zero attached hydrogens (tertiary/aromatic N) is 1. The van der Waals surface area contributed by atoms with Crippen molar-refractivity contribution in [3.63, 3.8) is 0 Å². The van der Waals surface area contributed by atoms with Crippen molar-refractivity contribution in [2.24, 2.45) is 16.8 Å². The molecule has 1 amide bonds. The number of amidine groups is 1. The van der Waals surface area contributed by atoms with Gasteiger partial charge >= 0.3 is 0 Å². The van der Waals surface area contributed by atoms with Gasteiger partial charge in [-0.3, -0.25) is 9.79 Å². The monoisotopic (exact) mass is 269 g/mol. The average molecular weight is 269 g/mol. The van der Waals surface area contributed by atoms with Crippen LogP contribution >= 0.6 is 0 Å². The SMILES string of the molecule is CCCOCCNC(=O)CC1=NCC(C(C)C)CN1. The van der Waals surface area contributed by atoms with Crippen LogP contribution in [-0.4, -0.2) is 44.6 Å². The Bertz CT molecular complexity index is 303. The van der Waals surface area contributed by atoms with Crippen LogP contribution in [0.25, 0.3) is 0 Å². The van der Waals surface area contributed by atoms with Crippen molar-refractivity contribution in [2.45, 2.75) is 33.6 Å². The molecule has 0 spiro atoms. The van der Waals surface area contributed by atoms with Gasteiger partial charge in [-0.15, -0.1) is 0 Å². The maximum atomic E-state index is 11.7. The molecule has 1 rings (SSSR count). The molecule has 0 saturated heterocycles. The average Bonchev–Trinajstić information content (AvgIpc) is 2.39. The van der Waals surface area contributed by atoms with E-state index in [1.165, 1.54) is 0 Å². The van der Waals surface area contributed by atoms with Crippen LogP contribution in [0.5, 0.6) is 0 Å². The predicted octanol–water partition coefficient (Wildman–Crippen LogP) is 1.19. The number of carbonyl (C=O) groups is 1. The van der Waals surface area contributed by atoms with Crippen molar-refractivity contribution in [1.82, 2.24) is 10.6 Å². The summed E-state index contributed by atoms with van der Waals surface area (Å²) < 4.78 is 5.30. The molecular weight excluding hydrogens is 242 g/mol. The van der Waals surface area contributed by atoms with E-state index in [9.17, 15) is 4.79 Å². The van der Waals surface area contributed by atoms with Crippen LogP contribution < -0.4 is 10.6 Å². The second-order valence-corrected chi connectivity index (χ2v) is 5.31. The first-order valence-electron chi connectivity index (χ1n) is 7.25. The lowest BCUT2D eigenvalue weighted by atomic mass is 9.95. The van der Waals surface area contributed by atoms with Gasteiger partial charge in [-0.1, -0.05) is 20.8 Å². The van der Waals surface area contributed by atoms with E-state index < -0.39 is 0 Å². The molecule has 0 saturated carbocycles. The predicted molar refractivity (Wildman–Crippen MR) is 77.4 cm³/mol. The number of aliphatic imine (C=N–C) groups is 1. The van der Waals surface area contributed by atoms with Gasteiger partial charge in [-0.05, 0) is 18.3 Å². The van der Waals surface area contributed by atoms with E-state index in [1.54, 1.807) is 0 Å². The van der Waals surface area contributed by atoms with Crippen LogP contribution in [-0.2, 0) is 9.53 Å². The number of amides is 1. The van der Waals surface area contributed by atoms with Crippen LogP contribution in [0, 0.1) is 11.8 Å². The number of nitrogens with one attached hydrogen (secondary N) is 2. The second-order valence-electron chi connectivity index (χ2n) is 5.31. The Morgan fingerprint density at radius 3 is 2.89 bits per heavy atom. The van der Waals surface area contributed by atoms with E-state index in [0.29, 0.717) is 31.4 Å². The van der Waals surface area contributed by atoms with Gasteiger partial charge in [0.1, 0.15) is 5.84 Å². The molecule has 0 bridgehead atoms. The van der Waals surface area contributed by atoms with Crippen molar-refractivity contribution in [2.75, 3.05) is 32.8 Å². The van der Waals surface area contributed by atoms with Gasteiger partial charge in [-0.2, -0.15) is 0 Å². The number of rotatable bonds is 8. The fourth-order valence-corrected chi connectivity index (χ4v) is 1.89. The second kappa shape index (κ2) is 8.91. The number of hydrogen-bond donors (Lipinski definition) is 2. The standard InChI is InChI=1S/C14H27N3O2/c1-4-6-19-7-5-15-14(18)8-13-16-9-12(10-17-13)11(2)3/h11-12H,4-10H2,1-3H3,(H,15,18)(H,16,17). The molecule has 5 heteroatoms. The summed E-state index contributed by atoms with van der Waals surface area (Å²) in [6.07, 6.45) is 1.35. The van der Waals surface area contributed by atoms with E-state index >= 15 is 0 Å². The van der Waals surface area contributed by atoms with E-state index in [1.807, 2.05) is 0 Å². The molecule has 1 aliphatic heterocycles. The summed E-state index contributed by atoms with van der Waals surface area (Å²) in [7, 11) is 0. The van der Waals surface area contributed by atoms with Crippen molar-refractivity contribution in [3.05, 3.63) is 0 Å². The van der Waals surface area contributed by atoms with Crippen molar-refractivity contribution in [3.8, 4) is 0 Å². The minimum atomic E-state index is 0.00865. The van der Waals surface area contributed by atoms with Gasteiger partial charge in [0.25, 0.3) is 0 Å². The first-order chi connectivity index (χ1) is 9.13. The molecule has 0 aliphatic carbocycles. The fraction of sp³-hybridized carbons (Fsp3) is 0.857. The maximum Gasteiger partial charge on any atom is 0.227 e. The van der Waals surface area contributed by atoms with Crippen LogP contribution in [0.1, 0.15) is 33.6 Å². The lowest BCUT2D eigenvalue weighted by Crippen LogP contribution is -2.40. The van der Waals surface area contributed by atoms with E-state index in [-0.39, 0.29) is 5.91 Å². The number of carbonyl (C=O) groups excluding carboxylic acids is 1. The van der Waals surface area contributed by atoms with Gasteiger partial charge in [0.2, 0.25) is 5.91 Å². The van der Waals surface area contributed by atoms with Crippen LogP contribution in [0.2, 0.25) is 0 Å². The Labute approximate surface area is 116 Å². The zero-order chi connectivity index (χ0) is 14.1. The summed E-state index contributed by atoms with van der Waals surface area (Å²) in [5, 5.41) is 6.09. The summed E-state index contributed by atoms with van der Waals surface area (Å²) in [4.78, 5) is 16.1. The Kier molecular flexibility index (Phi) is 7.48. The smallest absolute Gasteiger partial charge is 0.227 e. The fourth-order valence-electron chi connectivity index (χ4n) is 1.89. The van der Waals surface area contributed by atoms with Crippen LogP contribution in [0.15, 0.2) is 4.99 Å². The minimum Gasteiger partial charge on any atom is -0.380 e. The molecule has 5 nitrogen and oxygen atoms in total. The lowest BCUT2D eigenvalue weighted by Gasteiger charge is -2.25. The zero-order valence-electron chi connectivity index (χ0n) is 12.4. The summed E-state index contributed by atoms with van der Waals surface area (Å²) in [6, 6.07) is 0. The van der Waals surface area contributed by atoms with E-state index in [2.05, 4.69) is 36.4 Å². The zero-order valence-corrected chi connectivity index (χ0v) is 12.4. The number of hydrogen-bond acceptors (Lipinski definition) is 4. The van der Waals surface area contributed by atoms with Crippen molar-refractivity contribution in [1.29, 1.82) is 0 Å². The quantitative estimate of drug-likeness (QED) is 0.651. The summed E-state index contributed by atoms with van der Waals surface area (Å²) >= 11 is 0. The highest BCUT2D eigenvalue weighted by Gasteiger charge is 2.19. The third-order valence-electron chi connectivity index (χ3n) is 3.27. The van der Waals surface area contributed by atoms with Crippen molar-refractivity contribution < 1.29 is 9.53 Å². The molecule has 2 N–H and O–H groups in total. The Hall–Kier alpha value is -1.10. The molecule has 0 fully saturated rings. The molecule has 0 aromatic rings. The highest BCUT2D eigenvalue weighted by Crippen LogP contribution is 2.13. The number of ether oxygens (including phenoxy) is 1. The van der Waals surface area contributed by atoms with Gasteiger partial charge in [-0.25, -0.2) is 0 Å². The van der Waals surface area contributed by atoms with Crippen molar-refractivity contribution >= 4 is 11.7 Å². The first-order valence-corrected chi connectivity index (χ1v) is 7.25. The molecule has 1 unspecified atom stereocenters. The van der Waals surface area contributed by atoms with Gasteiger partial charge in [0.15, 0.2) is 0 Å². The van der Waals surface area contributed by atoms with E-state index in [0.717, 1.165) is 32.0 Å². The maximum absolute atomic E-state index is 11.7. The van der Waals surface area contributed by atoms with Gasteiger partial charge < -0.3 is 15.4 Å². The van der Waals surface area contributed by atoms with E-state index in [4.69, 9.17) is 4.74 Å². The summed E-state index contributed by atoms with van der Waals surface area (Å²) in [5.41, 5.74) is 0. The molecule has 19 heavy (non-hydrogen) atoms. The van der Waals surface area contributed by atoms with Gasteiger partial charge in [0.05, 0.1) is 13.0 Å². The third kappa shape index (κ3) is 6.57. The highest BCUT2D eigenvalue weighted by molar-refractivity contribution is 6.00. The molecule has 110 valence electrons. The molecule has 0 aromatic carbocycles.